The number of benzene rings is 2. The van der Waals surface area contributed by atoms with Crippen molar-refractivity contribution in [3.63, 3.8) is 0 Å². The van der Waals surface area contributed by atoms with E-state index in [1.54, 1.807) is 29.2 Å². The number of carbonyl (C=O) groups is 1. The minimum Gasteiger partial charge on any atom is -0.288 e. The van der Waals surface area contributed by atoms with Crippen LogP contribution < -0.4 is 0 Å². The molecule has 0 aliphatic carbocycles. The quantitative estimate of drug-likeness (QED) is 0.603. The van der Waals surface area contributed by atoms with E-state index in [9.17, 15) is 9.18 Å². The summed E-state index contributed by atoms with van der Waals surface area (Å²) in [5.41, 5.74) is 2.57. The summed E-state index contributed by atoms with van der Waals surface area (Å²) < 4.78 is 14.2. The second kappa shape index (κ2) is 6.64. The fourth-order valence-electron chi connectivity index (χ4n) is 2.25. The maximum atomic E-state index is 13.7. The van der Waals surface area contributed by atoms with Crippen LogP contribution in [0.3, 0.4) is 0 Å². The monoisotopic (exact) mass is 343 g/mol. The molecule has 1 heterocycles. The predicted octanol–water partition coefficient (Wildman–Crippen LogP) is 4.54. The molecule has 0 radical (unpaired) electrons. The summed E-state index contributed by atoms with van der Waals surface area (Å²) in [6.45, 7) is 2.44. The number of thioether (sulfide) groups is 1. The van der Waals surface area contributed by atoms with Gasteiger partial charge >= 0.3 is 0 Å². The van der Waals surface area contributed by atoms with Gasteiger partial charge in [0.15, 0.2) is 0 Å². The first-order valence-corrected chi connectivity index (χ1v) is 8.32. The average Bonchev–Trinajstić information content (AvgIpc) is 2.79. The number of nitrogens with zero attached hydrogens (tertiary/aromatic N) is 1. The molecule has 0 unspecified atom stereocenters. The van der Waals surface area contributed by atoms with Gasteiger partial charge in [0.25, 0.3) is 5.91 Å². The minimum absolute atomic E-state index is 0.177. The van der Waals surface area contributed by atoms with Gasteiger partial charge < -0.3 is 0 Å². The molecule has 0 saturated carbocycles. The van der Waals surface area contributed by atoms with Crippen LogP contribution in [0.15, 0.2) is 53.4 Å². The maximum Gasteiger partial charge on any atom is 0.266 e. The number of aryl methyl sites for hydroxylation is 1. The van der Waals surface area contributed by atoms with E-state index in [4.69, 9.17) is 12.2 Å². The lowest BCUT2D eigenvalue weighted by atomic mass is 10.1. The molecule has 0 bridgehead atoms. The van der Waals surface area contributed by atoms with Crippen molar-refractivity contribution in [1.29, 1.82) is 0 Å². The number of rotatable bonds is 3. The van der Waals surface area contributed by atoms with E-state index >= 15 is 0 Å². The topological polar surface area (TPSA) is 20.3 Å². The van der Waals surface area contributed by atoms with E-state index in [0.29, 0.717) is 21.3 Å². The largest absolute Gasteiger partial charge is 0.288 e. The molecule has 0 atom stereocenters. The Morgan fingerprint density at radius 3 is 2.57 bits per heavy atom. The van der Waals surface area contributed by atoms with Gasteiger partial charge in [0.2, 0.25) is 0 Å². The zero-order valence-electron chi connectivity index (χ0n) is 12.5. The van der Waals surface area contributed by atoms with Gasteiger partial charge in [-0.3, -0.25) is 9.69 Å². The Kier molecular flexibility index (Phi) is 4.59. The smallest absolute Gasteiger partial charge is 0.266 e. The van der Waals surface area contributed by atoms with Gasteiger partial charge in [-0.15, -0.1) is 0 Å². The summed E-state index contributed by atoms with van der Waals surface area (Å²) in [4.78, 5) is 14.5. The van der Waals surface area contributed by atoms with Gasteiger partial charge in [-0.05, 0) is 24.6 Å². The molecule has 1 saturated heterocycles. The highest BCUT2D eigenvalue weighted by atomic mass is 32.2. The van der Waals surface area contributed by atoms with Crippen LogP contribution in [0.2, 0.25) is 0 Å². The molecule has 0 spiro atoms. The van der Waals surface area contributed by atoms with Crippen molar-refractivity contribution in [2.24, 2.45) is 0 Å². The van der Waals surface area contributed by atoms with Crippen molar-refractivity contribution >= 4 is 40.3 Å². The van der Waals surface area contributed by atoms with Crippen LogP contribution in [0.25, 0.3) is 6.08 Å². The lowest BCUT2D eigenvalue weighted by Gasteiger charge is -2.14. The molecule has 1 fully saturated rings. The standard InChI is InChI=1S/C18H14FNOS2/c1-12-6-8-13(9-7-12)11-20-17(21)16(23-18(20)22)10-14-4-2-3-5-15(14)19/h2-10H,11H2,1H3/b16-10-. The Morgan fingerprint density at radius 2 is 1.87 bits per heavy atom. The van der Waals surface area contributed by atoms with Crippen molar-refractivity contribution in [2.45, 2.75) is 13.5 Å². The highest BCUT2D eigenvalue weighted by Gasteiger charge is 2.32. The minimum atomic E-state index is -0.351. The summed E-state index contributed by atoms with van der Waals surface area (Å²) >= 11 is 6.51. The molecule has 1 aliphatic heterocycles. The van der Waals surface area contributed by atoms with Crippen LogP contribution in [-0.2, 0) is 11.3 Å². The molecule has 116 valence electrons. The van der Waals surface area contributed by atoms with Gasteiger partial charge in [0.05, 0.1) is 11.4 Å². The molecule has 3 rings (SSSR count). The number of amides is 1. The van der Waals surface area contributed by atoms with Crippen LogP contribution in [0.5, 0.6) is 0 Å². The summed E-state index contributed by atoms with van der Waals surface area (Å²) in [7, 11) is 0. The fourth-order valence-corrected chi connectivity index (χ4v) is 3.49. The van der Waals surface area contributed by atoms with Crippen molar-refractivity contribution < 1.29 is 9.18 Å². The maximum absolute atomic E-state index is 13.7. The van der Waals surface area contributed by atoms with Gasteiger partial charge in [-0.25, -0.2) is 4.39 Å². The molecule has 23 heavy (non-hydrogen) atoms. The molecule has 0 aromatic heterocycles. The number of halogens is 1. The van der Waals surface area contributed by atoms with Gasteiger partial charge in [-0.1, -0.05) is 72.0 Å². The zero-order valence-corrected chi connectivity index (χ0v) is 14.1. The first kappa shape index (κ1) is 15.9. The Labute approximate surface area is 144 Å². The summed E-state index contributed by atoms with van der Waals surface area (Å²) in [6, 6.07) is 14.3. The van der Waals surface area contributed by atoms with Crippen LogP contribution in [0.4, 0.5) is 4.39 Å². The molecular weight excluding hydrogens is 329 g/mol. The second-order valence-corrected chi connectivity index (χ2v) is 6.95. The van der Waals surface area contributed by atoms with Gasteiger partial charge in [0, 0.05) is 5.56 Å². The average molecular weight is 343 g/mol. The molecule has 2 nitrogen and oxygen atoms in total. The molecule has 2 aromatic carbocycles. The fraction of sp³-hybridized carbons (Fsp3) is 0.111. The molecule has 0 N–H and O–H groups in total. The number of carbonyl (C=O) groups excluding carboxylic acids is 1. The number of hydrogen-bond acceptors (Lipinski definition) is 3. The lowest BCUT2D eigenvalue weighted by molar-refractivity contribution is -0.122. The van der Waals surface area contributed by atoms with Gasteiger partial charge in [-0.2, -0.15) is 0 Å². The van der Waals surface area contributed by atoms with Crippen molar-refractivity contribution in [2.75, 3.05) is 0 Å². The van der Waals surface area contributed by atoms with Crippen molar-refractivity contribution in [3.8, 4) is 0 Å². The third-order valence-electron chi connectivity index (χ3n) is 3.53. The molecule has 1 aliphatic rings. The Morgan fingerprint density at radius 1 is 1.17 bits per heavy atom. The second-order valence-electron chi connectivity index (χ2n) is 5.27. The third kappa shape index (κ3) is 3.51. The van der Waals surface area contributed by atoms with Crippen LogP contribution in [0.1, 0.15) is 16.7 Å². The third-order valence-corrected chi connectivity index (χ3v) is 4.90. The molecular formula is C18H14FNOS2. The Balaban J connectivity index is 1.82. The van der Waals surface area contributed by atoms with Crippen molar-refractivity contribution in [3.05, 3.63) is 75.9 Å². The summed E-state index contributed by atoms with van der Waals surface area (Å²) in [5, 5.41) is 0. The van der Waals surface area contributed by atoms with Crippen LogP contribution in [-0.4, -0.2) is 15.1 Å². The first-order valence-electron chi connectivity index (χ1n) is 7.10. The Bertz CT molecular complexity index is 799. The SMILES string of the molecule is Cc1ccc(CN2C(=O)/C(=C/c3ccccc3F)SC2=S)cc1. The molecule has 1 amide bonds. The molecule has 5 heteroatoms. The molecule has 2 aromatic rings. The van der Waals surface area contributed by atoms with E-state index in [1.807, 2.05) is 31.2 Å². The van der Waals surface area contributed by atoms with E-state index in [1.165, 1.54) is 23.4 Å². The van der Waals surface area contributed by atoms with Crippen LogP contribution in [0, 0.1) is 12.7 Å². The van der Waals surface area contributed by atoms with E-state index in [0.717, 1.165) is 5.56 Å². The zero-order chi connectivity index (χ0) is 16.4. The summed E-state index contributed by atoms with van der Waals surface area (Å²) in [5.74, 6) is -0.528. The van der Waals surface area contributed by atoms with Crippen molar-refractivity contribution in [1.82, 2.24) is 4.90 Å². The number of thiocarbonyl (C=S) groups is 1. The highest BCUT2D eigenvalue weighted by Crippen LogP contribution is 2.33. The van der Waals surface area contributed by atoms with Gasteiger partial charge in [0.1, 0.15) is 10.1 Å². The van der Waals surface area contributed by atoms with E-state index in [-0.39, 0.29) is 11.7 Å². The Hall–Kier alpha value is -1.98. The first-order chi connectivity index (χ1) is 11.0. The lowest BCUT2D eigenvalue weighted by Crippen LogP contribution is -2.27. The normalized spacial score (nSPS) is 16.4. The van der Waals surface area contributed by atoms with E-state index < -0.39 is 0 Å². The summed E-state index contributed by atoms with van der Waals surface area (Å²) in [6.07, 6.45) is 1.56. The predicted molar refractivity (Wildman–Crippen MR) is 96.3 cm³/mol. The highest BCUT2D eigenvalue weighted by molar-refractivity contribution is 8.26. The van der Waals surface area contributed by atoms with E-state index in [2.05, 4.69) is 0 Å². The number of hydrogen-bond donors (Lipinski definition) is 0. The van der Waals surface area contributed by atoms with Crippen LogP contribution >= 0.6 is 24.0 Å².